The molecule has 0 radical (unpaired) electrons. The number of rotatable bonds is 6. The van der Waals surface area contributed by atoms with Gasteiger partial charge in [-0.2, -0.15) is 4.72 Å². The van der Waals surface area contributed by atoms with E-state index in [-0.39, 0.29) is 4.90 Å². The molecule has 0 fully saturated rings. The molecule has 0 aliphatic carbocycles. The lowest BCUT2D eigenvalue weighted by atomic mass is 9.87. The molecule has 1 rings (SSSR count). The van der Waals surface area contributed by atoms with Crippen LogP contribution < -0.4 is 4.72 Å². The zero-order valence-corrected chi connectivity index (χ0v) is 15.5. The molecule has 6 heteroatoms. The van der Waals surface area contributed by atoms with Crippen molar-refractivity contribution in [3.05, 3.63) is 29.8 Å². The molecule has 0 aromatic heterocycles. The van der Waals surface area contributed by atoms with Gasteiger partial charge >= 0.3 is 5.97 Å². The third-order valence-electron chi connectivity index (χ3n) is 3.95. The highest BCUT2D eigenvalue weighted by molar-refractivity contribution is 7.89. The van der Waals surface area contributed by atoms with Gasteiger partial charge in [-0.15, -0.1) is 0 Å². The van der Waals surface area contributed by atoms with Crippen molar-refractivity contribution in [3.63, 3.8) is 0 Å². The maximum Gasteiger partial charge on any atom is 0.324 e. The fourth-order valence-corrected chi connectivity index (χ4v) is 3.52. The Morgan fingerprint density at radius 3 is 2.13 bits per heavy atom. The van der Waals surface area contributed by atoms with Crippen molar-refractivity contribution in [2.75, 3.05) is 7.11 Å². The first-order valence-electron chi connectivity index (χ1n) is 7.73. The molecule has 23 heavy (non-hydrogen) atoms. The highest BCUT2D eigenvalue weighted by Gasteiger charge is 2.36. The van der Waals surface area contributed by atoms with Gasteiger partial charge in [0, 0.05) is 0 Å². The quantitative estimate of drug-likeness (QED) is 0.807. The number of ether oxygens (including phenoxy) is 1. The minimum Gasteiger partial charge on any atom is -0.468 e. The van der Waals surface area contributed by atoms with Gasteiger partial charge in [-0.3, -0.25) is 4.79 Å². The van der Waals surface area contributed by atoms with Crippen LogP contribution in [-0.2, 0) is 19.6 Å². The van der Waals surface area contributed by atoms with Crippen LogP contribution in [0.3, 0.4) is 0 Å². The molecule has 1 N–H and O–H groups in total. The molecular formula is C17H27NO4S. The van der Waals surface area contributed by atoms with Crippen LogP contribution >= 0.6 is 0 Å². The van der Waals surface area contributed by atoms with Gasteiger partial charge in [0.15, 0.2) is 0 Å². The summed E-state index contributed by atoms with van der Waals surface area (Å²) in [5.41, 5.74) is 0.489. The van der Waals surface area contributed by atoms with Gasteiger partial charge in [0.25, 0.3) is 0 Å². The van der Waals surface area contributed by atoms with Crippen molar-refractivity contribution in [1.29, 1.82) is 0 Å². The van der Waals surface area contributed by atoms with Gasteiger partial charge in [-0.1, -0.05) is 46.8 Å². The van der Waals surface area contributed by atoms with E-state index in [1.54, 1.807) is 32.9 Å². The van der Waals surface area contributed by atoms with E-state index >= 15 is 0 Å². The summed E-state index contributed by atoms with van der Waals surface area (Å²) in [6, 6.07) is 5.81. The topological polar surface area (TPSA) is 72.5 Å². The molecule has 1 aromatic carbocycles. The number of hydrogen-bond donors (Lipinski definition) is 1. The van der Waals surface area contributed by atoms with Crippen molar-refractivity contribution in [2.45, 2.75) is 57.9 Å². The van der Waals surface area contributed by atoms with Crippen LogP contribution in [0.15, 0.2) is 29.2 Å². The highest BCUT2D eigenvalue weighted by atomic mass is 32.2. The summed E-state index contributed by atoms with van der Waals surface area (Å²) < 4.78 is 32.3. The van der Waals surface area contributed by atoms with Crippen LogP contribution in [0.4, 0.5) is 0 Å². The van der Waals surface area contributed by atoms with Gasteiger partial charge in [0.05, 0.1) is 12.0 Å². The molecule has 0 heterocycles. The van der Waals surface area contributed by atoms with Crippen LogP contribution in [0.1, 0.15) is 52.5 Å². The van der Waals surface area contributed by atoms with E-state index in [9.17, 15) is 13.2 Å². The molecule has 2 atom stereocenters. The van der Waals surface area contributed by atoms with E-state index in [1.165, 1.54) is 7.11 Å². The number of esters is 1. The van der Waals surface area contributed by atoms with Crippen LogP contribution in [0, 0.1) is 5.41 Å². The van der Waals surface area contributed by atoms with Crippen LogP contribution in [0.5, 0.6) is 0 Å². The molecule has 0 aliphatic heterocycles. The summed E-state index contributed by atoms with van der Waals surface area (Å²) in [5.74, 6) is -0.227. The van der Waals surface area contributed by atoms with Crippen molar-refractivity contribution in [2.24, 2.45) is 5.41 Å². The summed E-state index contributed by atoms with van der Waals surface area (Å²) >= 11 is 0. The lowest BCUT2D eigenvalue weighted by molar-refractivity contribution is -0.145. The Labute approximate surface area is 139 Å². The fourth-order valence-electron chi connectivity index (χ4n) is 2.13. The van der Waals surface area contributed by atoms with Gasteiger partial charge in [0.2, 0.25) is 10.0 Å². The number of carbonyl (C=O) groups is 1. The van der Waals surface area contributed by atoms with Gasteiger partial charge in [0.1, 0.15) is 6.04 Å². The summed E-state index contributed by atoms with van der Waals surface area (Å²) in [5, 5.41) is 0. The Balaban J connectivity index is 3.08. The van der Waals surface area contributed by atoms with Crippen LogP contribution in [0.25, 0.3) is 0 Å². The third kappa shape index (κ3) is 5.04. The summed E-state index contributed by atoms with van der Waals surface area (Å²) in [6.07, 6.45) is 0.985. The predicted octanol–water partition coefficient (Wildman–Crippen LogP) is 3.07. The average Bonchev–Trinajstić information content (AvgIpc) is 2.50. The van der Waals surface area contributed by atoms with E-state index < -0.39 is 27.4 Å². The first-order valence-corrected chi connectivity index (χ1v) is 9.21. The van der Waals surface area contributed by atoms with E-state index in [1.807, 2.05) is 12.1 Å². The Morgan fingerprint density at radius 2 is 1.74 bits per heavy atom. The molecule has 2 unspecified atom stereocenters. The summed E-state index contributed by atoms with van der Waals surface area (Å²) in [4.78, 5) is 12.0. The van der Waals surface area contributed by atoms with Crippen LogP contribution in [-0.4, -0.2) is 27.5 Å². The molecule has 1 aromatic rings. The van der Waals surface area contributed by atoms with E-state index in [4.69, 9.17) is 4.74 Å². The van der Waals surface area contributed by atoms with Gasteiger partial charge in [-0.05, 0) is 35.4 Å². The predicted molar refractivity (Wildman–Crippen MR) is 90.7 cm³/mol. The molecule has 0 bridgehead atoms. The maximum atomic E-state index is 12.5. The molecule has 5 nitrogen and oxygen atoms in total. The number of sulfonamides is 1. The number of hydrogen-bond acceptors (Lipinski definition) is 4. The van der Waals surface area contributed by atoms with E-state index in [2.05, 4.69) is 18.6 Å². The number of carbonyl (C=O) groups excluding carboxylic acids is 1. The van der Waals surface area contributed by atoms with Crippen molar-refractivity contribution in [1.82, 2.24) is 4.72 Å². The van der Waals surface area contributed by atoms with E-state index in [0.717, 1.165) is 12.0 Å². The molecule has 0 saturated carbocycles. The first kappa shape index (κ1) is 19.6. The molecule has 0 spiro atoms. The molecule has 0 aliphatic rings. The molecular weight excluding hydrogens is 314 g/mol. The molecule has 130 valence electrons. The van der Waals surface area contributed by atoms with Crippen molar-refractivity contribution in [3.8, 4) is 0 Å². The molecule has 0 amide bonds. The van der Waals surface area contributed by atoms with Crippen LogP contribution in [0.2, 0.25) is 0 Å². The monoisotopic (exact) mass is 341 g/mol. The average molecular weight is 341 g/mol. The zero-order chi connectivity index (χ0) is 17.8. The second-order valence-corrected chi connectivity index (χ2v) is 8.54. The lowest BCUT2D eigenvalue weighted by Gasteiger charge is -2.28. The van der Waals surface area contributed by atoms with Crippen molar-refractivity contribution < 1.29 is 17.9 Å². The second kappa shape index (κ2) is 7.45. The highest BCUT2D eigenvalue weighted by Crippen LogP contribution is 2.24. The zero-order valence-electron chi connectivity index (χ0n) is 14.7. The van der Waals surface area contributed by atoms with Gasteiger partial charge in [-0.25, -0.2) is 8.42 Å². The normalized spacial score (nSPS) is 15.0. The Hall–Kier alpha value is -1.40. The number of nitrogens with one attached hydrogen (secondary N) is 1. The lowest BCUT2D eigenvalue weighted by Crippen LogP contribution is -2.49. The largest absolute Gasteiger partial charge is 0.468 e. The van der Waals surface area contributed by atoms with Gasteiger partial charge < -0.3 is 4.74 Å². The third-order valence-corrected chi connectivity index (χ3v) is 5.39. The summed E-state index contributed by atoms with van der Waals surface area (Å²) in [7, 11) is -2.55. The van der Waals surface area contributed by atoms with E-state index in [0.29, 0.717) is 5.92 Å². The number of benzene rings is 1. The molecule has 0 saturated heterocycles. The number of methoxy groups -OCH3 is 1. The fraction of sp³-hybridized carbons (Fsp3) is 0.588. The Bertz CT molecular complexity index is 630. The minimum atomic E-state index is -3.80. The standard InChI is InChI=1S/C17H27NO4S/c1-7-12(2)13-8-10-14(11-9-13)23(20,21)18-15(16(19)22-6)17(3,4)5/h8-12,15,18H,7H2,1-6H3. The smallest absolute Gasteiger partial charge is 0.324 e. The SMILES string of the molecule is CCC(C)c1ccc(S(=O)(=O)NC(C(=O)OC)C(C)(C)C)cc1. The first-order chi connectivity index (χ1) is 10.5. The van der Waals surface area contributed by atoms with Crippen molar-refractivity contribution >= 4 is 16.0 Å². The Kier molecular flexibility index (Phi) is 6.36. The summed E-state index contributed by atoms with van der Waals surface area (Å²) in [6.45, 7) is 9.52. The minimum absolute atomic E-state index is 0.141. The maximum absolute atomic E-state index is 12.5. The second-order valence-electron chi connectivity index (χ2n) is 6.82. The Morgan fingerprint density at radius 1 is 1.22 bits per heavy atom.